The summed E-state index contributed by atoms with van der Waals surface area (Å²) in [6, 6.07) is 5.01. The number of carbonyl (C=O) groups excluding carboxylic acids is 1. The molecule has 0 heterocycles. The molecule has 0 unspecified atom stereocenters. The van der Waals surface area contributed by atoms with Gasteiger partial charge < -0.3 is 15.2 Å². The molecule has 0 fully saturated rings. The molecular formula is C13H18ClNO3. The minimum Gasteiger partial charge on any atom is -0.492 e. The number of rotatable bonds is 5. The van der Waals surface area contributed by atoms with E-state index in [0.29, 0.717) is 23.1 Å². The Morgan fingerprint density at radius 3 is 2.72 bits per heavy atom. The number of carbonyl (C=O) groups is 1. The summed E-state index contributed by atoms with van der Waals surface area (Å²) in [6.07, 6.45) is 0.00504. The number of benzene rings is 1. The highest BCUT2D eigenvalue weighted by Crippen LogP contribution is 2.28. The molecular weight excluding hydrogens is 254 g/mol. The zero-order chi connectivity index (χ0) is 13.8. The van der Waals surface area contributed by atoms with Crippen LogP contribution in [0.3, 0.4) is 0 Å². The van der Waals surface area contributed by atoms with Crippen molar-refractivity contribution in [3.8, 4) is 5.75 Å². The van der Waals surface area contributed by atoms with Crippen LogP contribution >= 0.6 is 11.6 Å². The van der Waals surface area contributed by atoms with Crippen molar-refractivity contribution in [3.05, 3.63) is 23.2 Å². The van der Waals surface area contributed by atoms with Crippen molar-refractivity contribution in [1.82, 2.24) is 0 Å². The fourth-order valence-corrected chi connectivity index (χ4v) is 1.64. The summed E-state index contributed by atoms with van der Waals surface area (Å²) in [6.45, 7) is 5.51. The maximum absolute atomic E-state index is 11.7. The SMILES string of the molecule is CCOc1ccc(Cl)cc1NC(=O)CC(C)(C)O. The van der Waals surface area contributed by atoms with Crippen LogP contribution in [0.1, 0.15) is 27.2 Å². The van der Waals surface area contributed by atoms with Crippen molar-refractivity contribution in [1.29, 1.82) is 0 Å². The van der Waals surface area contributed by atoms with Crippen LogP contribution in [-0.4, -0.2) is 23.2 Å². The smallest absolute Gasteiger partial charge is 0.227 e. The molecule has 0 saturated carbocycles. The van der Waals surface area contributed by atoms with Crippen molar-refractivity contribution < 1.29 is 14.6 Å². The molecule has 5 heteroatoms. The Morgan fingerprint density at radius 1 is 1.50 bits per heavy atom. The molecule has 0 spiro atoms. The molecule has 0 aliphatic heterocycles. The first-order valence-corrected chi connectivity index (χ1v) is 6.14. The van der Waals surface area contributed by atoms with Gasteiger partial charge in [-0.1, -0.05) is 11.6 Å². The predicted molar refractivity (Wildman–Crippen MR) is 72.2 cm³/mol. The van der Waals surface area contributed by atoms with Crippen molar-refractivity contribution >= 4 is 23.2 Å². The van der Waals surface area contributed by atoms with Crippen LogP contribution in [0.4, 0.5) is 5.69 Å². The van der Waals surface area contributed by atoms with E-state index in [0.717, 1.165) is 0 Å². The molecule has 0 aliphatic carbocycles. The van der Waals surface area contributed by atoms with Crippen molar-refractivity contribution in [2.45, 2.75) is 32.8 Å². The van der Waals surface area contributed by atoms with Crippen molar-refractivity contribution in [2.75, 3.05) is 11.9 Å². The van der Waals surface area contributed by atoms with Gasteiger partial charge in [-0.25, -0.2) is 0 Å². The van der Waals surface area contributed by atoms with E-state index in [1.54, 1.807) is 32.0 Å². The lowest BCUT2D eigenvalue weighted by Crippen LogP contribution is -2.27. The Labute approximate surface area is 112 Å². The first kappa shape index (κ1) is 14.8. The average Bonchev–Trinajstić information content (AvgIpc) is 2.19. The number of hydrogen-bond donors (Lipinski definition) is 2. The van der Waals surface area contributed by atoms with Gasteiger partial charge in [0.05, 0.1) is 24.3 Å². The lowest BCUT2D eigenvalue weighted by molar-refractivity contribution is -0.119. The fraction of sp³-hybridized carbons (Fsp3) is 0.462. The number of hydrogen-bond acceptors (Lipinski definition) is 3. The number of nitrogens with one attached hydrogen (secondary N) is 1. The summed E-state index contributed by atoms with van der Waals surface area (Å²) in [5.41, 5.74) is -0.535. The largest absolute Gasteiger partial charge is 0.492 e. The minimum atomic E-state index is -1.05. The van der Waals surface area contributed by atoms with Gasteiger partial charge >= 0.3 is 0 Å². The number of anilines is 1. The standard InChI is InChI=1S/C13H18ClNO3/c1-4-18-11-6-5-9(14)7-10(11)15-12(16)8-13(2,3)17/h5-7,17H,4,8H2,1-3H3,(H,15,16). The van der Waals surface area contributed by atoms with Gasteiger partial charge in [0.1, 0.15) is 5.75 Å². The fourth-order valence-electron chi connectivity index (χ4n) is 1.47. The Hall–Kier alpha value is -1.26. The molecule has 4 nitrogen and oxygen atoms in total. The highest BCUT2D eigenvalue weighted by atomic mass is 35.5. The van der Waals surface area contributed by atoms with Gasteiger partial charge in [-0.2, -0.15) is 0 Å². The maximum Gasteiger partial charge on any atom is 0.227 e. The van der Waals surface area contributed by atoms with Crippen LogP contribution in [0.5, 0.6) is 5.75 Å². The van der Waals surface area contributed by atoms with Gasteiger partial charge in [0.15, 0.2) is 0 Å². The van der Waals surface area contributed by atoms with Gasteiger partial charge in [-0.3, -0.25) is 4.79 Å². The van der Waals surface area contributed by atoms with Crippen LogP contribution in [0.2, 0.25) is 5.02 Å². The van der Waals surface area contributed by atoms with Gasteiger partial charge in [0.25, 0.3) is 0 Å². The van der Waals surface area contributed by atoms with Gasteiger partial charge in [-0.05, 0) is 39.0 Å². The lowest BCUT2D eigenvalue weighted by atomic mass is 10.1. The monoisotopic (exact) mass is 271 g/mol. The summed E-state index contributed by atoms with van der Waals surface area (Å²) in [4.78, 5) is 11.7. The summed E-state index contributed by atoms with van der Waals surface area (Å²) in [7, 11) is 0. The van der Waals surface area contributed by atoms with E-state index in [1.807, 2.05) is 6.92 Å². The molecule has 0 aliphatic rings. The third kappa shape index (κ3) is 4.94. The van der Waals surface area contributed by atoms with Crippen LogP contribution in [0, 0.1) is 0 Å². The first-order chi connectivity index (χ1) is 8.31. The second-order valence-corrected chi connectivity index (χ2v) is 5.05. The Bertz CT molecular complexity index is 427. The Balaban J connectivity index is 2.82. The summed E-state index contributed by atoms with van der Waals surface area (Å²) in [5, 5.41) is 12.8. The number of amides is 1. The molecule has 1 aromatic rings. The predicted octanol–water partition coefficient (Wildman–Crippen LogP) is 2.84. The second kappa shape index (κ2) is 6.07. The number of halogens is 1. The molecule has 0 bridgehead atoms. The van der Waals surface area contributed by atoms with Crippen LogP contribution in [0.15, 0.2) is 18.2 Å². The Morgan fingerprint density at radius 2 is 2.17 bits per heavy atom. The van der Waals surface area contributed by atoms with E-state index in [2.05, 4.69) is 5.32 Å². The number of aliphatic hydroxyl groups is 1. The first-order valence-electron chi connectivity index (χ1n) is 5.76. The zero-order valence-corrected chi connectivity index (χ0v) is 11.5. The molecule has 1 rings (SSSR count). The minimum absolute atomic E-state index is 0.00504. The zero-order valence-electron chi connectivity index (χ0n) is 10.8. The van der Waals surface area contributed by atoms with Crippen molar-refractivity contribution in [3.63, 3.8) is 0 Å². The van der Waals surface area contributed by atoms with Crippen LogP contribution in [-0.2, 0) is 4.79 Å². The highest BCUT2D eigenvalue weighted by molar-refractivity contribution is 6.31. The summed E-state index contributed by atoms with van der Waals surface area (Å²) >= 11 is 5.88. The maximum atomic E-state index is 11.7. The molecule has 18 heavy (non-hydrogen) atoms. The van der Waals surface area contributed by atoms with E-state index in [9.17, 15) is 9.90 Å². The number of ether oxygens (including phenoxy) is 1. The van der Waals surface area contributed by atoms with Gasteiger partial charge in [0.2, 0.25) is 5.91 Å². The molecule has 2 N–H and O–H groups in total. The molecule has 0 saturated heterocycles. The molecule has 100 valence electrons. The molecule has 1 aromatic carbocycles. The summed E-state index contributed by atoms with van der Waals surface area (Å²) in [5.74, 6) is 0.275. The van der Waals surface area contributed by atoms with Gasteiger partial charge in [0, 0.05) is 5.02 Å². The summed E-state index contributed by atoms with van der Waals surface area (Å²) < 4.78 is 5.39. The third-order valence-electron chi connectivity index (χ3n) is 2.11. The van der Waals surface area contributed by atoms with E-state index in [-0.39, 0.29) is 12.3 Å². The second-order valence-electron chi connectivity index (χ2n) is 4.61. The van der Waals surface area contributed by atoms with E-state index in [4.69, 9.17) is 16.3 Å². The Kier molecular flexibility index (Phi) is 4.99. The van der Waals surface area contributed by atoms with E-state index in [1.165, 1.54) is 0 Å². The molecule has 0 radical (unpaired) electrons. The van der Waals surface area contributed by atoms with Crippen LogP contribution in [0.25, 0.3) is 0 Å². The van der Waals surface area contributed by atoms with E-state index >= 15 is 0 Å². The van der Waals surface area contributed by atoms with Crippen molar-refractivity contribution in [2.24, 2.45) is 0 Å². The lowest BCUT2D eigenvalue weighted by Gasteiger charge is -2.17. The quantitative estimate of drug-likeness (QED) is 0.866. The normalized spacial score (nSPS) is 11.2. The topological polar surface area (TPSA) is 58.6 Å². The molecule has 0 atom stereocenters. The molecule has 1 amide bonds. The third-order valence-corrected chi connectivity index (χ3v) is 2.34. The van der Waals surface area contributed by atoms with Gasteiger partial charge in [-0.15, -0.1) is 0 Å². The van der Waals surface area contributed by atoms with Crippen LogP contribution < -0.4 is 10.1 Å². The highest BCUT2D eigenvalue weighted by Gasteiger charge is 2.19. The molecule has 0 aromatic heterocycles. The average molecular weight is 272 g/mol. The van der Waals surface area contributed by atoms with E-state index < -0.39 is 5.60 Å².